The highest BCUT2D eigenvalue weighted by Gasteiger charge is 2.58. The van der Waals surface area contributed by atoms with Crippen LogP contribution in [0.4, 0.5) is 0 Å². The van der Waals surface area contributed by atoms with Gasteiger partial charge in [0.25, 0.3) is 3.79 Å². The third-order valence-corrected chi connectivity index (χ3v) is 12.0. The first-order valence-corrected chi connectivity index (χ1v) is 25.3. The Hall–Kier alpha value is -6.97. The largest absolute Gasteiger partial charge is 0.463 e. The lowest BCUT2D eigenvalue weighted by Crippen LogP contribution is -2.66. The fraction of sp³-hybridized carbons (Fsp3) is 0.462. The molecule has 0 amide bonds. The zero-order chi connectivity index (χ0) is 58.4. The Kier molecular flexibility index (Phi) is 22.1. The van der Waals surface area contributed by atoms with Crippen LogP contribution in [-0.2, 0) is 99.8 Å². The Morgan fingerprint density at radius 2 is 0.838 bits per heavy atom. The molecule has 28 heteroatoms. The molecule has 6 rings (SSSR count). The van der Waals surface area contributed by atoms with E-state index in [2.05, 4.69) is 0 Å². The maximum Gasteiger partial charge on any atom is 0.338 e. The van der Waals surface area contributed by atoms with Crippen molar-refractivity contribution in [3.63, 3.8) is 0 Å². The van der Waals surface area contributed by atoms with Gasteiger partial charge in [-0.15, -0.1) is 0 Å². The SMILES string of the molecule is CC(=O)OC[C@H]1O[C@@H](OC[C@H]2O[C@H](OC(=N)C(Cl)(Cl)Cl)[C@H](O[C@@H]3OC[C@@H](OC(=O)c4ccccc4)[C@H](OC(=O)c4ccccc4)[C@H]3OC(=O)c3ccccc3)[C@@H](OC(C)=O)[C@@H]2OC(C)=O)[C@H](OC(C)=O)[C@@H](OC(C)=O)[C@@H]1OC(C)=O. The van der Waals surface area contributed by atoms with Gasteiger partial charge in [-0.25, -0.2) is 14.4 Å². The average Bonchev–Trinajstić information content (AvgIpc) is 3.44. The highest BCUT2D eigenvalue weighted by atomic mass is 35.6. The molecule has 3 aromatic carbocycles. The molecule has 80 heavy (non-hydrogen) atoms. The molecule has 1 N–H and O–H groups in total. The number of esters is 9. The molecule has 0 radical (unpaired) electrons. The number of rotatable bonds is 19. The van der Waals surface area contributed by atoms with E-state index in [1.807, 2.05) is 0 Å². The minimum atomic E-state index is -2.65. The predicted molar refractivity (Wildman–Crippen MR) is 268 cm³/mol. The number of carbonyl (C=O) groups is 9. The number of benzene rings is 3. The van der Waals surface area contributed by atoms with Crippen LogP contribution in [0.3, 0.4) is 0 Å². The Morgan fingerprint density at radius 1 is 0.450 bits per heavy atom. The van der Waals surface area contributed by atoms with Crippen LogP contribution in [0, 0.1) is 5.41 Å². The average molecular weight is 1180 g/mol. The van der Waals surface area contributed by atoms with Gasteiger partial charge in [0.05, 0.1) is 29.9 Å². The molecule has 0 spiro atoms. The minimum absolute atomic E-state index is 0.00771. The number of halogens is 3. The summed E-state index contributed by atoms with van der Waals surface area (Å²) < 4.78 is 85.4. The van der Waals surface area contributed by atoms with Crippen LogP contribution in [0.15, 0.2) is 91.0 Å². The molecule has 14 atom stereocenters. The van der Waals surface area contributed by atoms with Crippen molar-refractivity contribution in [3.05, 3.63) is 108 Å². The minimum Gasteiger partial charge on any atom is -0.463 e. The van der Waals surface area contributed by atoms with Gasteiger partial charge in [-0.05, 0) is 36.4 Å². The van der Waals surface area contributed by atoms with E-state index in [1.54, 1.807) is 42.5 Å². The fourth-order valence-electron chi connectivity index (χ4n) is 8.30. The highest BCUT2D eigenvalue weighted by Crippen LogP contribution is 2.38. The van der Waals surface area contributed by atoms with Crippen LogP contribution in [0.1, 0.15) is 72.6 Å². The van der Waals surface area contributed by atoms with Crippen molar-refractivity contribution in [2.24, 2.45) is 0 Å². The van der Waals surface area contributed by atoms with Gasteiger partial charge in [-0.3, -0.25) is 34.2 Å². The fourth-order valence-corrected chi connectivity index (χ4v) is 8.44. The maximum atomic E-state index is 14.1. The van der Waals surface area contributed by atoms with Crippen LogP contribution in [-0.4, -0.2) is 169 Å². The summed E-state index contributed by atoms with van der Waals surface area (Å²) >= 11 is 18.3. The monoisotopic (exact) mass is 1180 g/mol. The molecular formula is C52H54Cl3NO24. The molecule has 0 bridgehead atoms. The molecule has 25 nitrogen and oxygen atoms in total. The molecule has 0 aliphatic carbocycles. The molecule has 3 saturated heterocycles. The van der Waals surface area contributed by atoms with Crippen LogP contribution < -0.4 is 0 Å². The second-order valence-corrected chi connectivity index (χ2v) is 19.9. The summed E-state index contributed by atoms with van der Waals surface area (Å²) in [7, 11) is 0. The molecule has 3 fully saturated rings. The third-order valence-electron chi connectivity index (χ3n) is 11.5. The van der Waals surface area contributed by atoms with Crippen molar-refractivity contribution in [2.75, 3.05) is 19.8 Å². The van der Waals surface area contributed by atoms with Gasteiger partial charge in [0.2, 0.25) is 12.2 Å². The Balaban J connectivity index is 1.44. The molecule has 3 aromatic rings. The van der Waals surface area contributed by atoms with E-state index in [4.69, 9.17) is 111 Å². The molecule has 0 saturated carbocycles. The summed E-state index contributed by atoms with van der Waals surface area (Å²) in [6.07, 6.45) is -25.6. The molecule has 0 unspecified atom stereocenters. The summed E-state index contributed by atoms with van der Waals surface area (Å²) in [6, 6.07) is 22.7. The number of hydrogen-bond donors (Lipinski definition) is 1. The van der Waals surface area contributed by atoms with E-state index in [1.165, 1.54) is 48.5 Å². The van der Waals surface area contributed by atoms with E-state index in [9.17, 15) is 43.2 Å². The Bertz CT molecular complexity index is 2700. The summed E-state index contributed by atoms with van der Waals surface area (Å²) in [5, 5.41) is 8.63. The first-order valence-electron chi connectivity index (χ1n) is 24.2. The number of nitrogens with one attached hydrogen (secondary N) is 1. The number of hydrogen-bond acceptors (Lipinski definition) is 25. The quantitative estimate of drug-likeness (QED) is 0.0569. The standard InChI is InChI=1S/C52H54Cl3NO24/c1-25(57)66-22-35-37(69-26(2)58)40(71-28(4)60)43(73-30(6)62)48(75-35)67-24-36-38(70-27(3)59)41(72-29(5)61)44(50(76-36)80-51(56)52(53,54)55)79-49-42(78-47(65)33-20-14-9-15-21-33)39(77-46(64)32-18-12-8-13-19-32)34(23-68-49)74-45(63)31-16-10-7-11-17-31/h7-21,34-44,48-50,56H,22-24H2,1-6H3/t34-,35-,36-,37-,38-,39+,40+,41+,42-,43-,44-,48-,49+,50-/m1/s1. The van der Waals surface area contributed by atoms with Gasteiger partial charge in [-0.2, -0.15) is 0 Å². The van der Waals surface area contributed by atoms with E-state index >= 15 is 0 Å². The Labute approximate surface area is 471 Å². The zero-order valence-corrected chi connectivity index (χ0v) is 45.6. The summed E-state index contributed by atoms with van der Waals surface area (Å²) in [4.78, 5) is 118. The van der Waals surface area contributed by atoms with Crippen LogP contribution >= 0.6 is 34.8 Å². The first-order chi connectivity index (χ1) is 37.9. The number of carbonyl (C=O) groups excluding carboxylic acids is 9. The molecule has 432 valence electrons. The Morgan fingerprint density at radius 3 is 1.29 bits per heavy atom. The van der Waals surface area contributed by atoms with Crippen LogP contribution in [0.5, 0.6) is 0 Å². The van der Waals surface area contributed by atoms with Gasteiger partial charge in [-0.1, -0.05) is 89.4 Å². The van der Waals surface area contributed by atoms with Gasteiger partial charge in [0, 0.05) is 41.5 Å². The predicted octanol–water partition coefficient (Wildman–Crippen LogP) is 4.46. The number of ether oxygens (including phenoxy) is 15. The lowest BCUT2D eigenvalue weighted by Gasteiger charge is -2.48. The van der Waals surface area contributed by atoms with E-state index in [0.717, 1.165) is 41.5 Å². The van der Waals surface area contributed by atoms with Crippen LogP contribution in [0.25, 0.3) is 0 Å². The van der Waals surface area contributed by atoms with Gasteiger partial charge < -0.3 is 71.1 Å². The summed E-state index contributed by atoms with van der Waals surface area (Å²) in [5.74, 6) is -9.90. The first kappa shape index (κ1) is 62.2. The van der Waals surface area contributed by atoms with E-state index in [0.29, 0.717) is 0 Å². The summed E-state index contributed by atoms with van der Waals surface area (Å²) in [6.45, 7) is 3.76. The van der Waals surface area contributed by atoms with Crippen molar-refractivity contribution in [1.82, 2.24) is 0 Å². The van der Waals surface area contributed by atoms with Crippen LogP contribution in [0.2, 0.25) is 0 Å². The lowest BCUT2D eigenvalue weighted by molar-refractivity contribution is -0.355. The maximum absolute atomic E-state index is 14.1. The van der Waals surface area contributed by atoms with Gasteiger partial charge in [0.15, 0.2) is 67.5 Å². The highest BCUT2D eigenvalue weighted by molar-refractivity contribution is 6.76. The van der Waals surface area contributed by atoms with Crippen molar-refractivity contribution in [2.45, 2.75) is 131 Å². The summed E-state index contributed by atoms with van der Waals surface area (Å²) in [5.41, 5.74) is 0.0442. The second kappa shape index (κ2) is 28.4. The third kappa shape index (κ3) is 17.3. The lowest BCUT2D eigenvalue weighted by atomic mass is 9.96. The smallest absolute Gasteiger partial charge is 0.338 e. The molecule has 3 aliphatic heterocycles. The second-order valence-electron chi connectivity index (χ2n) is 17.6. The van der Waals surface area contributed by atoms with Crippen molar-refractivity contribution < 1.29 is 114 Å². The van der Waals surface area contributed by atoms with E-state index < -0.39 is 169 Å². The van der Waals surface area contributed by atoms with Gasteiger partial charge >= 0.3 is 53.7 Å². The zero-order valence-electron chi connectivity index (χ0n) is 43.3. The molecular weight excluding hydrogens is 1130 g/mol. The molecule has 3 aliphatic rings. The van der Waals surface area contributed by atoms with Gasteiger partial charge in [0.1, 0.15) is 18.8 Å². The molecule has 0 aromatic heterocycles. The van der Waals surface area contributed by atoms with Crippen molar-refractivity contribution in [3.8, 4) is 0 Å². The number of alkyl halides is 3. The van der Waals surface area contributed by atoms with Crippen molar-refractivity contribution in [1.29, 1.82) is 5.41 Å². The normalized spacial score (nSPS) is 27.3. The van der Waals surface area contributed by atoms with E-state index in [-0.39, 0.29) is 16.7 Å². The topological polar surface area (TPSA) is 316 Å². The van der Waals surface area contributed by atoms with Crippen molar-refractivity contribution >= 4 is 94.4 Å². The molecule has 3 heterocycles.